The molecule has 5 heteroatoms. The van der Waals surface area contributed by atoms with Gasteiger partial charge < -0.3 is 15.3 Å². The number of rotatable bonds is 4. The van der Waals surface area contributed by atoms with E-state index in [9.17, 15) is 9.59 Å². The molecule has 98 valence electrons. The van der Waals surface area contributed by atoms with Gasteiger partial charge in [0.1, 0.15) is 0 Å². The summed E-state index contributed by atoms with van der Waals surface area (Å²) in [5.41, 5.74) is 0. The number of amides is 2. The van der Waals surface area contributed by atoms with Crippen molar-refractivity contribution in [2.24, 2.45) is 11.8 Å². The Bertz CT molecular complexity index is 291. The molecule has 1 aliphatic carbocycles. The average Bonchev–Trinajstić information content (AvgIpc) is 2.64. The first kappa shape index (κ1) is 13.8. The number of carbonyl (C=O) groups excluding carboxylic acids is 1. The standard InChI is InChI=1S/C12H22N2O3/c1-8(2)7-14(3)12(17)13-10-6-4-5-9(10)11(15)16/h8-10H,4-7H2,1-3H3,(H,13,17)(H,15,16). The Morgan fingerprint density at radius 1 is 1.41 bits per heavy atom. The smallest absolute Gasteiger partial charge is 0.317 e. The molecule has 2 amide bonds. The largest absolute Gasteiger partial charge is 0.481 e. The first-order valence-electron chi connectivity index (χ1n) is 6.16. The van der Waals surface area contributed by atoms with Crippen LogP contribution >= 0.6 is 0 Å². The van der Waals surface area contributed by atoms with E-state index in [-0.39, 0.29) is 12.1 Å². The van der Waals surface area contributed by atoms with Crippen LogP contribution in [0.3, 0.4) is 0 Å². The van der Waals surface area contributed by atoms with Gasteiger partial charge in [0.25, 0.3) is 0 Å². The van der Waals surface area contributed by atoms with Gasteiger partial charge in [-0.15, -0.1) is 0 Å². The predicted octanol–water partition coefficient (Wildman–Crippen LogP) is 1.54. The summed E-state index contributed by atoms with van der Waals surface area (Å²) >= 11 is 0. The fraction of sp³-hybridized carbons (Fsp3) is 0.833. The Morgan fingerprint density at radius 2 is 2.06 bits per heavy atom. The fourth-order valence-corrected chi connectivity index (χ4v) is 2.33. The van der Waals surface area contributed by atoms with E-state index >= 15 is 0 Å². The zero-order valence-corrected chi connectivity index (χ0v) is 10.8. The molecule has 0 aromatic heterocycles. The molecule has 0 spiro atoms. The van der Waals surface area contributed by atoms with Crippen LogP contribution in [0.5, 0.6) is 0 Å². The van der Waals surface area contributed by atoms with Crippen LogP contribution in [0.2, 0.25) is 0 Å². The zero-order valence-electron chi connectivity index (χ0n) is 10.8. The van der Waals surface area contributed by atoms with Crippen LogP contribution in [0.1, 0.15) is 33.1 Å². The number of carboxylic acid groups (broad SMARTS) is 1. The van der Waals surface area contributed by atoms with E-state index in [2.05, 4.69) is 5.32 Å². The molecule has 0 bridgehead atoms. The Hall–Kier alpha value is -1.26. The summed E-state index contributed by atoms with van der Waals surface area (Å²) in [6.45, 7) is 4.76. The molecule has 1 fully saturated rings. The quantitative estimate of drug-likeness (QED) is 0.785. The van der Waals surface area contributed by atoms with Crippen LogP contribution < -0.4 is 5.32 Å². The number of nitrogens with zero attached hydrogens (tertiary/aromatic N) is 1. The van der Waals surface area contributed by atoms with E-state index in [1.165, 1.54) is 0 Å². The molecule has 0 saturated heterocycles. The Balaban J connectivity index is 2.47. The second-order valence-electron chi connectivity index (χ2n) is 5.21. The summed E-state index contributed by atoms with van der Waals surface area (Å²) in [5, 5.41) is 11.8. The van der Waals surface area contributed by atoms with E-state index in [1.807, 2.05) is 13.8 Å². The summed E-state index contributed by atoms with van der Waals surface area (Å²) in [7, 11) is 1.74. The van der Waals surface area contributed by atoms with Gasteiger partial charge in [0, 0.05) is 19.6 Å². The predicted molar refractivity (Wildman–Crippen MR) is 64.8 cm³/mol. The molecule has 1 saturated carbocycles. The summed E-state index contributed by atoms with van der Waals surface area (Å²) in [6.07, 6.45) is 2.29. The van der Waals surface area contributed by atoms with Gasteiger partial charge in [-0.2, -0.15) is 0 Å². The van der Waals surface area contributed by atoms with Crippen molar-refractivity contribution in [1.82, 2.24) is 10.2 Å². The van der Waals surface area contributed by atoms with Crippen molar-refractivity contribution in [3.05, 3.63) is 0 Å². The van der Waals surface area contributed by atoms with Crippen LogP contribution in [0, 0.1) is 11.8 Å². The third-order valence-electron chi connectivity index (χ3n) is 3.13. The average molecular weight is 242 g/mol. The molecule has 0 aromatic rings. The van der Waals surface area contributed by atoms with E-state index < -0.39 is 11.9 Å². The van der Waals surface area contributed by atoms with Gasteiger partial charge in [0.15, 0.2) is 0 Å². The van der Waals surface area contributed by atoms with Crippen LogP contribution in [0.15, 0.2) is 0 Å². The Labute approximate surface area is 102 Å². The van der Waals surface area contributed by atoms with Gasteiger partial charge in [0.2, 0.25) is 0 Å². The van der Waals surface area contributed by atoms with Gasteiger partial charge in [-0.25, -0.2) is 4.79 Å². The first-order chi connectivity index (χ1) is 7.91. The highest BCUT2D eigenvalue weighted by molar-refractivity contribution is 5.77. The lowest BCUT2D eigenvalue weighted by Crippen LogP contribution is -2.46. The third-order valence-corrected chi connectivity index (χ3v) is 3.13. The van der Waals surface area contributed by atoms with E-state index in [1.54, 1.807) is 11.9 Å². The molecule has 2 atom stereocenters. The van der Waals surface area contributed by atoms with Gasteiger partial charge >= 0.3 is 12.0 Å². The number of hydrogen-bond donors (Lipinski definition) is 2. The molecule has 0 aromatic carbocycles. The highest BCUT2D eigenvalue weighted by atomic mass is 16.4. The van der Waals surface area contributed by atoms with Crippen molar-refractivity contribution >= 4 is 12.0 Å². The van der Waals surface area contributed by atoms with Crippen molar-refractivity contribution < 1.29 is 14.7 Å². The number of nitrogens with one attached hydrogen (secondary N) is 1. The van der Waals surface area contributed by atoms with Crippen LogP contribution in [-0.4, -0.2) is 41.6 Å². The maximum Gasteiger partial charge on any atom is 0.317 e. The maximum absolute atomic E-state index is 11.8. The van der Waals surface area contributed by atoms with Crippen molar-refractivity contribution in [2.45, 2.75) is 39.2 Å². The van der Waals surface area contributed by atoms with Gasteiger partial charge in [-0.05, 0) is 18.8 Å². The highest BCUT2D eigenvalue weighted by Gasteiger charge is 2.34. The van der Waals surface area contributed by atoms with Crippen molar-refractivity contribution in [3.63, 3.8) is 0 Å². The fourth-order valence-electron chi connectivity index (χ4n) is 2.33. The van der Waals surface area contributed by atoms with Crippen molar-refractivity contribution in [2.75, 3.05) is 13.6 Å². The van der Waals surface area contributed by atoms with Crippen LogP contribution in [0.4, 0.5) is 4.79 Å². The molecule has 1 aliphatic rings. The number of carbonyl (C=O) groups is 2. The lowest BCUT2D eigenvalue weighted by molar-refractivity contribution is -0.142. The summed E-state index contributed by atoms with van der Waals surface area (Å²) < 4.78 is 0. The number of hydrogen-bond acceptors (Lipinski definition) is 2. The molecular weight excluding hydrogens is 220 g/mol. The Morgan fingerprint density at radius 3 is 2.59 bits per heavy atom. The van der Waals surface area contributed by atoms with Crippen LogP contribution in [0.25, 0.3) is 0 Å². The minimum atomic E-state index is -0.806. The minimum Gasteiger partial charge on any atom is -0.481 e. The molecule has 1 rings (SSSR count). The first-order valence-corrected chi connectivity index (χ1v) is 6.16. The summed E-state index contributed by atoms with van der Waals surface area (Å²) in [5.74, 6) is -0.824. The van der Waals surface area contributed by atoms with Crippen molar-refractivity contribution in [3.8, 4) is 0 Å². The SMILES string of the molecule is CC(C)CN(C)C(=O)NC1CCCC1C(=O)O. The number of aliphatic carboxylic acids is 1. The molecule has 2 N–H and O–H groups in total. The number of urea groups is 1. The molecular formula is C12H22N2O3. The molecule has 0 aliphatic heterocycles. The lowest BCUT2D eigenvalue weighted by atomic mass is 10.0. The molecule has 0 radical (unpaired) electrons. The molecule has 17 heavy (non-hydrogen) atoms. The topological polar surface area (TPSA) is 69.6 Å². The van der Waals surface area contributed by atoms with Gasteiger partial charge in [-0.3, -0.25) is 4.79 Å². The molecule has 2 unspecified atom stereocenters. The second-order valence-corrected chi connectivity index (χ2v) is 5.21. The highest BCUT2D eigenvalue weighted by Crippen LogP contribution is 2.25. The third kappa shape index (κ3) is 3.91. The monoisotopic (exact) mass is 242 g/mol. The second kappa shape index (κ2) is 5.89. The van der Waals surface area contributed by atoms with Crippen molar-refractivity contribution in [1.29, 1.82) is 0 Å². The summed E-state index contributed by atoms with van der Waals surface area (Å²) in [4.78, 5) is 24.4. The molecule has 0 heterocycles. The van der Waals surface area contributed by atoms with E-state index in [4.69, 9.17) is 5.11 Å². The zero-order chi connectivity index (χ0) is 13.0. The minimum absolute atomic E-state index is 0.170. The Kier molecular flexibility index (Phi) is 4.78. The summed E-state index contributed by atoms with van der Waals surface area (Å²) in [6, 6.07) is -0.383. The van der Waals surface area contributed by atoms with E-state index in [0.717, 1.165) is 12.8 Å². The number of carboxylic acids is 1. The van der Waals surface area contributed by atoms with Gasteiger partial charge in [0.05, 0.1) is 5.92 Å². The maximum atomic E-state index is 11.8. The molecule has 5 nitrogen and oxygen atoms in total. The lowest BCUT2D eigenvalue weighted by Gasteiger charge is -2.24. The normalized spacial score (nSPS) is 23.8. The van der Waals surface area contributed by atoms with E-state index in [0.29, 0.717) is 18.9 Å². The van der Waals surface area contributed by atoms with Crippen LogP contribution in [-0.2, 0) is 4.79 Å². The van der Waals surface area contributed by atoms with Gasteiger partial charge in [-0.1, -0.05) is 20.3 Å².